The quantitative estimate of drug-likeness (QED) is 0.767. The molecule has 19 heavy (non-hydrogen) atoms. The molecular weight excluding hydrogens is 240 g/mol. The molecule has 0 bridgehead atoms. The van der Waals surface area contributed by atoms with Crippen LogP contribution in [0.15, 0.2) is 12.4 Å². The van der Waals surface area contributed by atoms with E-state index >= 15 is 0 Å². The number of piperidine rings is 1. The van der Waals surface area contributed by atoms with E-state index in [1.165, 1.54) is 0 Å². The van der Waals surface area contributed by atoms with Gasteiger partial charge in [0.05, 0.1) is 12.7 Å². The van der Waals surface area contributed by atoms with Crippen molar-refractivity contribution in [3.8, 4) is 0 Å². The minimum atomic E-state index is 0.416. The van der Waals surface area contributed by atoms with E-state index in [-0.39, 0.29) is 0 Å². The molecule has 1 aromatic heterocycles. The Morgan fingerprint density at radius 1 is 1.37 bits per heavy atom. The van der Waals surface area contributed by atoms with Gasteiger partial charge in [0.1, 0.15) is 12.1 Å². The van der Waals surface area contributed by atoms with Gasteiger partial charge in [0, 0.05) is 18.3 Å². The van der Waals surface area contributed by atoms with Crippen molar-refractivity contribution < 1.29 is 4.74 Å². The highest BCUT2D eigenvalue weighted by molar-refractivity contribution is 5.35. The van der Waals surface area contributed by atoms with Crippen molar-refractivity contribution in [2.75, 3.05) is 31.6 Å². The fourth-order valence-electron chi connectivity index (χ4n) is 2.15. The normalized spacial score (nSPS) is 16.8. The zero-order valence-corrected chi connectivity index (χ0v) is 11.9. The van der Waals surface area contributed by atoms with Crippen molar-refractivity contribution in [3.05, 3.63) is 18.1 Å². The van der Waals surface area contributed by atoms with Gasteiger partial charge in [-0.15, -0.1) is 0 Å². The van der Waals surface area contributed by atoms with Crippen LogP contribution in [0.2, 0.25) is 0 Å². The topological polar surface area (TPSA) is 59.1 Å². The molecule has 1 aliphatic heterocycles. The standard InChI is InChI=1S/C14H24N4O/c1-11(2)13-9-14(18-10-17-13)16-7-8-19-12-3-5-15-6-4-12/h9-12,15H,3-8H2,1-2H3,(H,16,17,18). The average Bonchev–Trinajstić information content (AvgIpc) is 2.45. The molecule has 1 aliphatic rings. The van der Waals surface area contributed by atoms with Crippen LogP contribution in [0.25, 0.3) is 0 Å². The highest BCUT2D eigenvalue weighted by atomic mass is 16.5. The zero-order chi connectivity index (χ0) is 13.5. The molecular formula is C14H24N4O. The summed E-state index contributed by atoms with van der Waals surface area (Å²) >= 11 is 0. The van der Waals surface area contributed by atoms with Crippen LogP contribution in [0.3, 0.4) is 0 Å². The van der Waals surface area contributed by atoms with E-state index in [0.717, 1.165) is 50.6 Å². The Kier molecular flexibility index (Phi) is 5.54. The molecule has 2 rings (SSSR count). The van der Waals surface area contributed by atoms with E-state index in [9.17, 15) is 0 Å². The zero-order valence-electron chi connectivity index (χ0n) is 11.9. The predicted octanol–water partition coefficient (Wildman–Crippen LogP) is 1.78. The first-order chi connectivity index (χ1) is 9.25. The molecule has 0 unspecified atom stereocenters. The number of ether oxygens (including phenoxy) is 1. The average molecular weight is 264 g/mol. The number of nitrogens with one attached hydrogen (secondary N) is 2. The maximum absolute atomic E-state index is 5.84. The summed E-state index contributed by atoms with van der Waals surface area (Å²) in [6.45, 7) is 7.92. The minimum absolute atomic E-state index is 0.416. The van der Waals surface area contributed by atoms with E-state index in [4.69, 9.17) is 4.74 Å². The Balaban J connectivity index is 1.68. The van der Waals surface area contributed by atoms with Gasteiger partial charge in [0.25, 0.3) is 0 Å². The maximum Gasteiger partial charge on any atom is 0.129 e. The van der Waals surface area contributed by atoms with Crippen LogP contribution in [0.1, 0.15) is 38.3 Å². The van der Waals surface area contributed by atoms with Crippen LogP contribution in [-0.2, 0) is 4.74 Å². The van der Waals surface area contributed by atoms with Gasteiger partial charge in [-0.25, -0.2) is 9.97 Å². The molecule has 1 saturated heterocycles. The summed E-state index contributed by atoms with van der Waals surface area (Å²) in [7, 11) is 0. The Bertz CT molecular complexity index is 377. The molecule has 0 aliphatic carbocycles. The fraction of sp³-hybridized carbons (Fsp3) is 0.714. The Hall–Kier alpha value is -1.20. The number of hydrogen-bond acceptors (Lipinski definition) is 5. The molecule has 106 valence electrons. The lowest BCUT2D eigenvalue weighted by molar-refractivity contribution is 0.0394. The van der Waals surface area contributed by atoms with Crippen molar-refractivity contribution in [3.63, 3.8) is 0 Å². The molecule has 1 aromatic rings. The van der Waals surface area contributed by atoms with Gasteiger partial charge in [-0.1, -0.05) is 13.8 Å². The molecule has 0 atom stereocenters. The third kappa shape index (κ3) is 4.76. The second-order valence-electron chi connectivity index (χ2n) is 5.23. The first kappa shape index (κ1) is 14.2. The number of rotatable bonds is 6. The lowest BCUT2D eigenvalue weighted by Crippen LogP contribution is -2.33. The fourth-order valence-corrected chi connectivity index (χ4v) is 2.15. The SMILES string of the molecule is CC(C)c1cc(NCCOC2CCNCC2)ncn1. The smallest absolute Gasteiger partial charge is 0.129 e. The van der Waals surface area contributed by atoms with Crippen molar-refractivity contribution in [2.24, 2.45) is 0 Å². The summed E-state index contributed by atoms with van der Waals surface area (Å²) in [4.78, 5) is 8.47. The van der Waals surface area contributed by atoms with E-state index in [2.05, 4.69) is 34.4 Å². The predicted molar refractivity (Wildman–Crippen MR) is 76.5 cm³/mol. The maximum atomic E-state index is 5.84. The molecule has 2 heterocycles. The lowest BCUT2D eigenvalue weighted by Gasteiger charge is -2.23. The largest absolute Gasteiger partial charge is 0.376 e. The van der Waals surface area contributed by atoms with Crippen LogP contribution in [0.4, 0.5) is 5.82 Å². The van der Waals surface area contributed by atoms with Gasteiger partial charge in [0.2, 0.25) is 0 Å². The van der Waals surface area contributed by atoms with Crippen molar-refractivity contribution >= 4 is 5.82 Å². The second kappa shape index (κ2) is 7.40. The molecule has 5 heteroatoms. The van der Waals surface area contributed by atoms with Crippen molar-refractivity contribution in [2.45, 2.75) is 38.7 Å². The third-order valence-corrected chi connectivity index (χ3v) is 3.33. The first-order valence-corrected chi connectivity index (χ1v) is 7.14. The van der Waals surface area contributed by atoms with Crippen LogP contribution in [0.5, 0.6) is 0 Å². The van der Waals surface area contributed by atoms with Crippen LogP contribution >= 0.6 is 0 Å². The molecule has 1 fully saturated rings. The number of nitrogens with zero attached hydrogens (tertiary/aromatic N) is 2. The molecule has 0 aromatic carbocycles. The van der Waals surface area contributed by atoms with Crippen LogP contribution in [0, 0.1) is 0 Å². The van der Waals surface area contributed by atoms with Gasteiger partial charge >= 0.3 is 0 Å². The van der Waals surface area contributed by atoms with E-state index in [1.807, 2.05) is 6.07 Å². The molecule has 5 nitrogen and oxygen atoms in total. The number of anilines is 1. The summed E-state index contributed by atoms with van der Waals surface area (Å²) in [5.74, 6) is 1.31. The summed E-state index contributed by atoms with van der Waals surface area (Å²) in [6, 6.07) is 2.01. The molecule has 0 spiro atoms. The van der Waals surface area contributed by atoms with Crippen LogP contribution < -0.4 is 10.6 Å². The van der Waals surface area contributed by atoms with Gasteiger partial charge in [-0.2, -0.15) is 0 Å². The Labute approximate surface area is 115 Å². The Morgan fingerprint density at radius 2 is 2.16 bits per heavy atom. The highest BCUT2D eigenvalue weighted by Gasteiger charge is 2.12. The van der Waals surface area contributed by atoms with Gasteiger partial charge < -0.3 is 15.4 Å². The summed E-state index contributed by atoms with van der Waals surface area (Å²) < 4.78 is 5.84. The molecule has 0 saturated carbocycles. The van der Waals surface area contributed by atoms with Crippen LogP contribution in [-0.4, -0.2) is 42.3 Å². The molecule has 0 radical (unpaired) electrons. The van der Waals surface area contributed by atoms with Gasteiger partial charge in [-0.05, 0) is 31.8 Å². The van der Waals surface area contributed by atoms with E-state index in [0.29, 0.717) is 12.0 Å². The van der Waals surface area contributed by atoms with Crippen molar-refractivity contribution in [1.29, 1.82) is 0 Å². The van der Waals surface area contributed by atoms with E-state index in [1.54, 1.807) is 6.33 Å². The lowest BCUT2D eigenvalue weighted by atomic mass is 10.1. The van der Waals surface area contributed by atoms with Gasteiger partial charge in [-0.3, -0.25) is 0 Å². The van der Waals surface area contributed by atoms with Crippen molar-refractivity contribution in [1.82, 2.24) is 15.3 Å². The number of aromatic nitrogens is 2. The number of hydrogen-bond donors (Lipinski definition) is 2. The first-order valence-electron chi connectivity index (χ1n) is 7.14. The highest BCUT2D eigenvalue weighted by Crippen LogP contribution is 2.13. The van der Waals surface area contributed by atoms with E-state index < -0.39 is 0 Å². The second-order valence-corrected chi connectivity index (χ2v) is 5.23. The molecule has 0 amide bonds. The van der Waals surface area contributed by atoms with Gasteiger partial charge in [0.15, 0.2) is 0 Å². The Morgan fingerprint density at radius 3 is 2.89 bits per heavy atom. The monoisotopic (exact) mass is 264 g/mol. The summed E-state index contributed by atoms with van der Waals surface area (Å²) in [5, 5.41) is 6.62. The summed E-state index contributed by atoms with van der Waals surface area (Å²) in [5.41, 5.74) is 1.07. The minimum Gasteiger partial charge on any atom is -0.376 e. The summed E-state index contributed by atoms with van der Waals surface area (Å²) in [6.07, 6.45) is 4.26. The molecule has 2 N–H and O–H groups in total. The third-order valence-electron chi connectivity index (χ3n) is 3.33.